The highest BCUT2D eigenvalue weighted by molar-refractivity contribution is 6.18. The Kier molecular flexibility index (Phi) is 7.74. The van der Waals surface area contributed by atoms with Crippen molar-refractivity contribution in [3.8, 4) is 11.5 Å². The van der Waals surface area contributed by atoms with E-state index < -0.39 is 0 Å². The first-order chi connectivity index (χ1) is 14.2. The number of alkyl halides is 1. The van der Waals surface area contributed by atoms with Crippen molar-refractivity contribution < 1.29 is 9.84 Å². The van der Waals surface area contributed by atoms with E-state index in [0.717, 1.165) is 41.0 Å². The Balaban J connectivity index is 2.09. The van der Waals surface area contributed by atoms with Gasteiger partial charge in [-0.25, -0.2) is 0 Å². The highest BCUT2D eigenvalue weighted by Crippen LogP contribution is 2.35. The number of ether oxygens (including phenoxy) is 1. The third-order valence-electron chi connectivity index (χ3n) is 4.69. The van der Waals surface area contributed by atoms with E-state index in [2.05, 4.69) is 29.6 Å². The van der Waals surface area contributed by atoms with Crippen LogP contribution in [0.2, 0.25) is 0 Å². The lowest BCUT2D eigenvalue weighted by molar-refractivity contribution is 0.318. The molecular formula is C25H26ClNO2. The second-order valence-corrected chi connectivity index (χ2v) is 7.06. The molecule has 4 heteroatoms. The lowest BCUT2D eigenvalue weighted by Crippen LogP contribution is -2.15. The van der Waals surface area contributed by atoms with Crippen LogP contribution in [0.3, 0.4) is 0 Å². The second-order valence-electron chi connectivity index (χ2n) is 6.68. The monoisotopic (exact) mass is 407 g/mol. The van der Waals surface area contributed by atoms with Crippen LogP contribution in [0.15, 0.2) is 78.9 Å². The molecule has 0 fully saturated rings. The van der Waals surface area contributed by atoms with Crippen molar-refractivity contribution >= 4 is 22.7 Å². The van der Waals surface area contributed by atoms with Gasteiger partial charge >= 0.3 is 0 Å². The van der Waals surface area contributed by atoms with Crippen LogP contribution in [0, 0.1) is 0 Å². The largest absolute Gasteiger partial charge is 0.508 e. The summed E-state index contributed by atoms with van der Waals surface area (Å²) < 4.78 is 5.76. The molecule has 0 amide bonds. The Labute approximate surface area is 177 Å². The van der Waals surface area contributed by atoms with Gasteiger partial charge in [0.2, 0.25) is 0 Å². The Morgan fingerprint density at radius 3 is 2.07 bits per heavy atom. The fourth-order valence-electron chi connectivity index (χ4n) is 3.28. The minimum absolute atomic E-state index is 0.250. The first-order valence-electron chi connectivity index (χ1n) is 9.74. The van der Waals surface area contributed by atoms with Crippen LogP contribution in [0.25, 0.3) is 11.1 Å². The molecule has 0 aliphatic carbocycles. The summed E-state index contributed by atoms with van der Waals surface area (Å²) in [4.78, 5) is 0. The molecule has 0 saturated heterocycles. The molecule has 0 saturated carbocycles. The quantitative estimate of drug-likeness (QED) is 0.276. The number of rotatable bonds is 9. The number of aromatic hydroxyl groups is 1. The van der Waals surface area contributed by atoms with Gasteiger partial charge in [-0.15, -0.1) is 11.6 Å². The van der Waals surface area contributed by atoms with Gasteiger partial charge in [0.15, 0.2) is 0 Å². The zero-order valence-corrected chi connectivity index (χ0v) is 17.3. The molecule has 3 nitrogen and oxygen atoms in total. The van der Waals surface area contributed by atoms with Gasteiger partial charge in [-0.05, 0) is 65.6 Å². The Bertz CT molecular complexity index is 919. The van der Waals surface area contributed by atoms with Gasteiger partial charge in [0.05, 0.1) is 0 Å². The van der Waals surface area contributed by atoms with Crippen molar-refractivity contribution in [2.75, 3.05) is 26.1 Å². The van der Waals surface area contributed by atoms with Gasteiger partial charge in [-0.2, -0.15) is 0 Å². The molecule has 0 heterocycles. The highest BCUT2D eigenvalue weighted by Gasteiger charge is 2.14. The van der Waals surface area contributed by atoms with Crippen LogP contribution in [0.1, 0.15) is 23.1 Å². The van der Waals surface area contributed by atoms with Crippen LogP contribution in [0.5, 0.6) is 11.5 Å². The maximum atomic E-state index is 9.75. The average molecular weight is 408 g/mol. The predicted molar refractivity (Wildman–Crippen MR) is 122 cm³/mol. The Morgan fingerprint density at radius 2 is 1.48 bits per heavy atom. The van der Waals surface area contributed by atoms with Crippen molar-refractivity contribution in [2.24, 2.45) is 0 Å². The molecule has 2 N–H and O–H groups in total. The molecule has 29 heavy (non-hydrogen) atoms. The topological polar surface area (TPSA) is 41.5 Å². The number of hydrogen-bond donors (Lipinski definition) is 2. The maximum Gasteiger partial charge on any atom is 0.119 e. The summed E-state index contributed by atoms with van der Waals surface area (Å²) in [6, 6.07) is 25.8. The molecule has 0 aliphatic heterocycles. The van der Waals surface area contributed by atoms with E-state index in [4.69, 9.17) is 16.3 Å². The summed E-state index contributed by atoms with van der Waals surface area (Å²) in [6.07, 6.45) is 0.738. The number of allylic oxidation sites excluding steroid dienone is 1. The van der Waals surface area contributed by atoms with Crippen molar-refractivity contribution in [1.82, 2.24) is 5.32 Å². The van der Waals surface area contributed by atoms with E-state index in [1.54, 1.807) is 12.1 Å². The Hall–Kier alpha value is -2.75. The molecule has 0 bridgehead atoms. The molecule has 0 radical (unpaired) electrons. The van der Waals surface area contributed by atoms with Crippen molar-refractivity contribution in [1.29, 1.82) is 0 Å². The van der Waals surface area contributed by atoms with Crippen molar-refractivity contribution in [3.63, 3.8) is 0 Å². The summed E-state index contributed by atoms with van der Waals surface area (Å²) in [5.74, 6) is 1.62. The fraction of sp³-hybridized carbons (Fsp3) is 0.200. The number of nitrogens with one attached hydrogen (secondary N) is 1. The normalized spacial score (nSPS) is 11.8. The molecule has 3 rings (SSSR count). The Morgan fingerprint density at radius 1 is 0.862 bits per heavy atom. The minimum atomic E-state index is 0.250. The molecular weight excluding hydrogens is 382 g/mol. The third-order valence-corrected chi connectivity index (χ3v) is 4.88. The highest BCUT2D eigenvalue weighted by atomic mass is 35.5. The van der Waals surface area contributed by atoms with Gasteiger partial charge in [0.25, 0.3) is 0 Å². The zero-order valence-electron chi connectivity index (χ0n) is 16.6. The van der Waals surface area contributed by atoms with Crippen molar-refractivity contribution in [3.05, 3.63) is 95.6 Å². The first kappa shape index (κ1) is 21.0. The van der Waals surface area contributed by atoms with Gasteiger partial charge in [-0.3, -0.25) is 0 Å². The zero-order chi connectivity index (χ0) is 20.5. The van der Waals surface area contributed by atoms with Crippen LogP contribution >= 0.6 is 11.6 Å². The molecule has 0 aliphatic rings. The van der Waals surface area contributed by atoms with E-state index >= 15 is 0 Å². The van der Waals surface area contributed by atoms with Gasteiger partial charge < -0.3 is 15.2 Å². The van der Waals surface area contributed by atoms with Crippen LogP contribution in [-0.4, -0.2) is 31.2 Å². The summed E-state index contributed by atoms with van der Waals surface area (Å²) in [7, 11) is 1.91. The number of benzene rings is 3. The number of likely N-dealkylation sites (N-methyl/N-ethyl adjacent to an activating group) is 1. The summed E-state index contributed by atoms with van der Waals surface area (Å²) >= 11 is 6.19. The maximum absolute atomic E-state index is 9.75. The molecule has 3 aromatic carbocycles. The number of phenols is 1. The van der Waals surface area contributed by atoms with E-state index in [1.165, 1.54) is 5.57 Å². The fourth-order valence-corrected chi connectivity index (χ4v) is 3.47. The van der Waals surface area contributed by atoms with E-state index in [-0.39, 0.29) is 5.75 Å². The third kappa shape index (κ3) is 5.63. The number of phenolic OH excluding ortho intramolecular Hbond substituents is 1. The van der Waals surface area contributed by atoms with Crippen molar-refractivity contribution in [2.45, 2.75) is 6.42 Å². The van der Waals surface area contributed by atoms with E-state index in [9.17, 15) is 5.11 Å². The van der Waals surface area contributed by atoms with Gasteiger partial charge in [0, 0.05) is 12.4 Å². The van der Waals surface area contributed by atoms with Gasteiger partial charge in [-0.1, -0.05) is 54.6 Å². The molecule has 0 spiro atoms. The molecule has 0 aromatic heterocycles. The molecule has 150 valence electrons. The molecule has 0 atom stereocenters. The molecule has 3 aromatic rings. The summed E-state index contributed by atoms with van der Waals surface area (Å²) in [6.45, 7) is 1.42. The van der Waals surface area contributed by atoms with Crippen LogP contribution < -0.4 is 10.1 Å². The number of hydrogen-bond acceptors (Lipinski definition) is 3. The standard InChI is InChI=1S/C25H26ClNO2/c1-27-17-18-29-23-13-9-21(10-14-23)25(20-7-11-22(28)12-8-20)24(15-16-26)19-5-3-2-4-6-19/h2-14,27-28H,15-18H2,1H3/b25-24-. The summed E-state index contributed by atoms with van der Waals surface area (Å²) in [5, 5.41) is 12.8. The smallest absolute Gasteiger partial charge is 0.119 e. The number of halogens is 1. The molecule has 0 unspecified atom stereocenters. The van der Waals surface area contributed by atoms with E-state index in [1.807, 2.05) is 49.5 Å². The first-order valence-corrected chi connectivity index (χ1v) is 10.3. The minimum Gasteiger partial charge on any atom is -0.508 e. The van der Waals surface area contributed by atoms with Crippen LogP contribution in [0.4, 0.5) is 0 Å². The second kappa shape index (κ2) is 10.7. The van der Waals surface area contributed by atoms with Gasteiger partial charge in [0.1, 0.15) is 18.1 Å². The van der Waals surface area contributed by atoms with Crippen LogP contribution in [-0.2, 0) is 0 Å². The average Bonchev–Trinajstić information content (AvgIpc) is 2.76. The lowest BCUT2D eigenvalue weighted by Gasteiger charge is -2.17. The SMILES string of the molecule is CNCCOc1ccc(/C(=C(/CCCl)c2ccccc2)c2ccc(O)cc2)cc1. The lowest BCUT2D eigenvalue weighted by atomic mass is 9.88. The summed E-state index contributed by atoms with van der Waals surface area (Å²) in [5.41, 5.74) is 5.55. The van der Waals surface area contributed by atoms with E-state index in [0.29, 0.717) is 12.5 Å². The predicted octanol–water partition coefficient (Wildman–Crippen LogP) is 5.58.